The van der Waals surface area contributed by atoms with Crippen LogP contribution in [0.4, 0.5) is 0 Å². The van der Waals surface area contributed by atoms with Gasteiger partial charge in [0.2, 0.25) is 0 Å². The molecule has 1 aromatic heterocycles. The molecular formula is C16H19N3O5. The van der Waals surface area contributed by atoms with E-state index in [2.05, 4.69) is 5.32 Å². The van der Waals surface area contributed by atoms with Crippen LogP contribution in [0.5, 0.6) is 5.75 Å². The van der Waals surface area contributed by atoms with Gasteiger partial charge in [0, 0.05) is 11.9 Å². The lowest BCUT2D eigenvalue weighted by Gasteiger charge is -2.14. The zero-order valence-corrected chi connectivity index (χ0v) is 13.0. The molecule has 1 amide bonds. The van der Waals surface area contributed by atoms with Crippen LogP contribution >= 0.6 is 0 Å². The van der Waals surface area contributed by atoms with Gasteiger partial charge in [-0.15, -0.1) is 0 Å². The van der Waals surface area contributed by atoms with Crippen LogP contribution in [0.1, 0.15) is 23.2 Å². The Morgan fingerprint density at radius 1 is 1.21 bits per heavy atom. The fourth-order valence-corrected chi connectivity index (χ4v) is 2.47. The van der Waals surface area contributed by atoms with Crippen molar-refractivity contribution in [1.29, 1.82) is 0 Å². The Labute approximate surface area is 137 Å². The molecule has 0 aliphatic heterocycles. The summed E-state index contributed by atoms with van der Waals surface area (Å²) in [4.78, 5) is 35.4. The zero-order chi connectivity index (χ0) is 17.7. The van der Waals surface area contributed by atoms with Gasteiger partial charge in [0.1, 0.15) is 17.9 Å². The third-order valence-corrected chi connectivity index (χ3v) is 3.61. The standard InChI is InChI=1S/C16H19N3O5/c17-7-3-4-8-19-11-6-2-1-5-10(11)14(22)13(16(19)24)15(23)18-9-12(20)21/h1-2,5-6,22H,3-4,7-9,17H2,(H,18,23)(H,20,21). The van der Waals surface area contributed by atoms with Crippen LogP contribution in [0.25, 0.3) is 10.9 Å². The number of amides is 1. The predicted molar refractivity (Wildman–Crippen MR) is 88.1 cm³/mol. The van der Waals surface area contributed by atoms with Crippen LogP contribution in [-0.4, -0.2) is 39.7 Å². The van der Waals surface area contributed by atoms with E-state index in [0.717, 1.165) is 0 Å². The van der Waals surface area contributed by atoms with Gasteiger partial charge in [-0.25, -0.2) is 0 Å². The second-order valence-corrected chi connectivity index (χ2v) is 5.27. The Morgan fingerprint density at radius 2 is 1.92 bits per heavy atom. The Hall–Kier alpha value is -2.87. The number of aromatic nitrogens is 1. The quantitative estimate of drug-likeness (QED) is 0.537. The fraction of sp³-hybridized carbons (Fsp3) is 0.312. The van der Waals surface area contributed by atoms with Crippen LogP contribution in [-0.2, 0) is 11.3 Å². The molecule has 1 aromatic carbocycles. The minimum Gasteiger partial charge on any atom is -0.506 e. The molecule has 0 aliphatic carbocycles. The summed E-state index contributed by atoms with van der Waals surface area (Å²) in [5, 5.41) is 21.4. The maximum absolute atomic E-state index is 12.6. The van der Waals surface area contributed by atoms with Gasteiger partial charge in [0.15, 0.2) is 0 Å². The molecule has 0 saturated heterocycles. The largest absolute Gasteiger partial charge is 0.506 e. The van der Waals surface area contributed by atoms with E-state index >= 15 is 0 Å². The molecule has 1 heterocycles. The number of fused-ring (bicyclic) bond motifs is 1. The topological polar surface area (TPSA) is 135 Å². The first-order chi connectivity index (χ1) is 11.5. The number of carbonyl (C=O) groups excluding carboxylic acids is 1. The summed E-state index contributed by atoms with van der Waals surface area (Å²) in [6, 6.07) is 6.68. The predicted octanol–water partition coefficient (Wildman–Crippen LogP) is 0.260. The van der Waals surface area contributed by atoms with Crippen molar-refractivity contribution >= 4 is 22.8 Å². The molecule has 0 bridgehead atoms. The molecular weight excluding hydrogens is 314 g/mol. The highest BCUT2D eigenvalue weighted by atomic mass is 16.4. The molecule has 0 radical (unpaired) electrons. The van der Waals surface area contributed by atoms with Crippen molar-refractivity contribution in [2.24, 2.45) is 5.73 Å². The molecule has 2 rings (SSSR count). The third-order valence-electron chi connectivity index (χ3n) is 3.61. The lowest BCUT2D eigenvalue weighted by Crippen LogP contribution is -2.36. The molecule has 2 aromatic rings. The van der Waals surface area contributed by atoms with E-state index in [1.54, 1.807) is 24.3 Å². The second kappa shape index (κ2) is 7.60. The minimum absolute atomic E-state index is 0.343. The van der Waals surface area contributed by atoms with Crippen molar-refractivity contribution in [2.45, 2.75) is 19.4 Å². The smallest absolute Gasteiger partial charge is 0.322 e. The highest BCUT2D eigenvalue weighted by Crippen LogP contribution is 2.26. The summed E-state index contributed by atoms with van der Waals surface area (Å²) in [5.41, 5.74) is 4.86. The Balaban J connectivity index is 2.56. The molecule has 0 aliphatic rings. The van der Waals surface area contributed by atoms with Gasteiger partial charge in [-0.2, -0.15) is 0 Å². The van der Waals surface area contributed by atoms with Crippen molar-refractivity contribution in [3.05, 3.63) is 40.2 Å². The van der Waals surface area contributed by atoms with Gasteiger partial charge in [-0.1, -0.05) is 12.1 Å². The number of carbonyl (C=O) groups is 2. The van der Waals surface area contributed by atoms with Crippen LogP contribution < -0.4 is 16.6 Å². The first-order valence-electron chi connectivity index (χ1n) is 7.52. The number of carboxylic acids is 1. The van der Waals surface area contributed by atoms with Crippen LogP contribution in [0.3, 0.4) is 0 Å². The summed E-state index contributed by atoms with van der Waals surface area (Å²) in [7, 11) is 0. The number of aromatic hydroxyl groups is 1. The number of pyridine rings is 1. The Kier molecular flexibility index (Phi) is 5.54. The number of nitrogens with zero attached hydrogens (tertiary/aromatic N) is 1. The first kappa shape index (κ1) is 17.5. The lowest BCUT2D eigenvalue weighted by molar-refractivity contribution is -0.135. The van der Waals surface area contributed by atoms with Gasteiger partial charge in [0.05, 0.1) is 5.52 Å². The summed E-state index contributed by atoms with van der Waals surface area (Å²) in [6.45, 7) is 0.185. The van der Waals surface area contributed by atoms with E-state index in [9.17, 15) is 19.5 Å². The SMILES string of the molecule is NCCCCn1c(=O)c(C(=O)NCC(=O)O)c(O)c2ccccc21. The maximum atomic E-state index is 12.6. The molecule has 0 fully saturated rings. The summed E-state index contributed by atoms with van der Waals surface area (Å²) in [6.07, 6.45) is 1.35. The molecule has 8 heteroatoms. The zero-order valence-electron chi connectivity index (χ0n) is 13.0. The number of nitrogens with two attached hydrogens (primary N) is 1. The van der Waals surface area contributed by atoms with Crippen molar-refractivity contribution < 1.29 is 19.8 Å². The summed E-state index contributed by atoms with van der Waals surface area (Å²) >= 11 is 0. The maximum Gasteiger partial charge on any atom is 0.322 e. The van der Waals surface area contributed by atoms with Crippen molar-refractivity contribution in [2.75, 3.05) is 13.1 Å². The van der Waals surface area contributed by atoms with E-state index in [4.69, 9.17) is 10.8 Å². The summed E-state index contributed by atoms with van der Waals surface area (Å²) < 4.78 is 1.40. The summed E-state index contributed by atoms with van der Waals surface area (Å²) in [5.74, 6) is -2.61. The molecule has 0 atom stereocenters. The number of aryl methyl sites for hydroxylation is 1. The first-order valence-corrected chi connectivity index (χ1v) is 7.52. The molecule has 24 heavy (non-hydrogen) atoms. The van der Waals surface area contributed by atoms with E-state index < -0.39 is 35.3 Å². The molecule has 0 spiro atoms. The van der Waals surface area contributed by atoms with Gasteiger partial charge < -0.3 is 25.8 Å². The van der Waals surface area contributed by atoms with Crippen molar-refractivity contribution in [1.82, 2.24) is 9.88 Å². The fourth-order valence-electron chi connectivity index (χ4n) is 2.47. The molecule has 5 N–H and O–H groups in total. The molecule has 8 nitrogen and oxygen atoms in total. The van der Waals surface area contributed by atoms with E-state index in [1.165, 1.54) is 4.57 Å². The number of unbranched alkanes of at least 4 members (excludes halogenated alkanes) is 1. The lowest BCUT2D eigenvalue weighted by atomic mass is 10.1. The molecule has 0 unspecified atom stereocenters. The van der Waals surface area contributed by atoms with E-state index in [-0.39, 0.29) is 0 Å². The monoisotopic (exact) mass is 333 g/mol. The number of carboxylic acid groups (broad SMARTS) is 1. The number of benzene rings is 1. The highest BCUT2D eigenvalue weighted by Gasteiger charge is 2.22. The number of hydrogen-bond donors (Lipinski definition) is 4. The molecule has 0 saturated carbocycles. The Bertz CT molecular complexity index is 828. The third kappa shape index (κ3) is 3.54. The normalized spacial score (nSPS) is 10.7. The minimum atomic E-state index is -1.24. The number of rotatable bonds is 7. The number of para-hydroxylation sites is 1. The Morgan fingerprint density at radius 3 is 2.58 bits per heavy atom. The highest BCUT2D eigenvalue weighted by molar-refractivity contribution is 6.03. The number of hydrogen-bond acceptors (Lipinski definition) is 5. The van der Waals surface area contributed by atoms with Crippen LogP contribution in [0, 0.1) is 0 Å². The van der Waals surface area contributed by atoms with Gasteiger partial charge >= 0.3 is 5.97 Å². The van der Waals surface area contributed by atoms with Gasteiger partial charge in [-0.05, 0) is 31.5 Å². The van der Waals surface area contributed by atoms with Crippen molar-refractivity contribution in [3.8, 4) is 5.75 Å². The van der Waals surface area contributed by atoms with E-state index in [1.807, 2.05) is 0 Å². The van der Waals surface area contributed by atoms with Gasteiger partial charge in [0.25, 0.3) is 11.5 Å². The average Bonchev–Trinajstić information content (AvgIpc) is 2.56. The number of nitrogens with one attached hydrogen (secondary N) is 1. The number of aliphatic carboxylic acids is 1. The van der Waals surface area contributed by atoms with E-state index in [0.29, 0.717) is 36.8 Å². The van der Waals surface area contributed by atoms with Crippen LogP contribution in [0.2, 0.25) is 0 Å². The second-order valence-electron chi connectivity index (χ2n) is 5.27. The average molecular weight is 333 g/mol. The van der Waals surface area contributed by atoms with Crippen molar-refractivity contribution in [3.63, 3.8) is 0 Å². The molecule has 128 valence electrons. The van der Waals surface area contributed by atoms with Gasteiger partial charge in [-0.3, -0.25) is 14.4 Å². The van der Waals surface area contributed by atoms with Crippen LogP contribution in [0.15, 0.2) is 29.1 Å².